The summed E-state index contributed by atoms with van der Waals surface area (Å²) in [5.41, 5.74) is 2.27. The maximum atomic E-state index is 13.6. The number of unbranched alkanes of at least 4 members (excludes halogenated alkanes) is 1. The first-order valence-corrected chi connectivity index (χ1v) is 11.4. The lowest BCUT2D eigenvalue weighted by Gasteiger charge is -2.28. The molecule has 3 aromatic rings. The van der Waals surface area contributed by atoms with Gasteiger partial charge in [-0.05, 0) is 48.4 Å². The van der Waals surface area contributed by atoms with Crippen LogP contribution in [0.2, 0.25) is 0 Å². The van der Waals surface area contributed by atoms with Crippen LogP contribution in [0.25, 0.3) is 0 Å². The molecule has 2 aliphatic rings. The number of hydrogen-bond donors (Lipinski definition) is 0. The molecule has 0 aliphatic carbocycles. The number of rotatable bonds is 7. The molecule has 168 valence electrons. The van der Waals surface area contributed by atoms with E-state index < -0.39 is 18.1 Å². The molecule has 2 aliphatic heterocycles. The summed E-state index contributed by atoms with van der Waals surface area (Å²) >= 11 is 0. The topological polar surface area (TPSA) is 59.1 Å². The first-order chi connectivity index (χ1) is 16.2. The van der Waals surface area contributed by atoms with Gasteiger partial charge in [0.25, 0.3) is 5.91 Å². The predicted molar refractivity (Wildman–Crippen MR) is 126 cm³/mol. The Morgan fingerprint density at radius 2 is 1.48 bits per heavy atom. The Balaban J connectivity index is 1.45. The minimum atomic E-state index is -0.872. The number of carbonyl (C=O) groups is 2. The molecule has 0 saturated carbocycles. The van der Waals surface area contributed by atoms with Crippen molar-refractivity contribution in [3.05, 3.63) is 90.5 Å². The highest BCUT2D eigenvalue weighted by atomic mass is 16.7. The number of para-hydroxylation sites is 1. The third-order valence-electron chi connectivity index (χ3n) is 6.13. The average Bonchev–Trinajstić information content (AvgIpc) is 3.37. The second kappa shape index (κ2) is 9.08. The molecule has 3 atom stereocenters. The zero-order valence-corrected chi connectivity index (χ0v) is 18.5. The summed E-state index contributed by atoms with van der Waals surface area (Å²) < 4.78 is 5.71. The quantitative estimate of drug-likeness (QED) is 0.384. The van der Waals surface area contributed by atoms with Gasteiger partial charge in [-0.2, -0.15) is 0 Å². The maximum Gasteiger partial charge on any atom is 0.266 e. The first-order valence-electron chi connectivity index (χ1n) is 11.4. The average molecular weight is 443 g/mol. The van der Waals surface area contributed by atoms with Crippen LogP contribution in [0.5, 0.6) is 5.75 Å². The number of hydroxylamine groups is 1. The first kappa shape index (κ1) is 21.2. The zero-order valence-electron chi connectivity index (χ0n) is 18.5. The summed E-state index contributed by atoms with van der Waals surface area (Å²) in [5, 5.41) is 1.71. The third-order valence-corrected chi connectivity index (χ3v) is 6.13. The van der Waals surface area contributed by atoms with Crippen LogP contribution in [0, 0.1) is 5.92 Å². The van der Waals surface area contributed by atoms with Crippen LogP contribution in [-0.4, -0.2) is 24.5 Å². The molecule has 3 aromatic carbocycles. The molecule has 6 heteroatoms. The zero-order chi connectivity index (χ0) is 22.8. The van der Waals surface area contributed by atoms with Gasteiger partial charge in [0.1, 0.15) is 11.7 Å². The highest BCUT2D eigenvalue weighted by Crippen LogP contribution is 2.47. The van der Waals surface area contributed by atoms with Gasteiger partial charge in [0.2, 0.25) is 5.91 Å². The van der Waals surface area contributed by atoms with Crippen LogP contribution < -0.4 is 14.7 Å². The largest absolute Gasteiger partial charge is 0.494 e. The molecular formula is C27H26N2O4. The summed E-state index contributed by atoms with van der Waals surface area (Å²) in [4.78, 5) is 34.4. The number of fused-ring (bicyclic) bond motifs is 1. The number of benzene rings is 3. The van der Waals surface area contributed by atoms with E-state index >= 15 is 0 Å². The monoisotopic (exact) mass is 442 g/mol. The highest BCUT2D eigenvalue weighted by molar-refractivity contribution is 6.23. The number of imide groups is 1. The Morgan fingerprint density at radius 1 is 0.818 bits per heavy atom. The Labute approximate surface area is 193 Å². The van der Waals surface area contributed by atoms with Gasteiger partial charge in [0, 0.05) is 0 Å². The van der Waals surface area contributed by atoms with E-state index in [9.17, 15) is 9.59 Å². The van der Waals surface area contributed by atoms with Crippen LogP contribution in [-0.2, 0) is 14.4 Å². The minimum Gasteiger partial charge on any atom is -0.494 e. The standard InChI is InChI=1S/C27H26N2O4/c1-2-3-18-32-22-16-14-20(15-17-22)28-26(30)23-24(19-10-6-4-7-11-19)29(33-25(23)27(28)31)21-12-8-5-9-13-21/h4-17,23-25H,2-3,18H2,1H3/t23-,24-,25+/m0/s1. The highest BCUT2D eigenvalue weighted by Gasteiger charge is 2.60. The van der Waals surface area contributed by atoms with Crippen molar-refractivity contribution < 1.29 is 19.2 Å². The van der Waals surface area contributed by atoms with E-state index in [-0.39, 0.29) is 11.8 Å². The molecule has 0 aromatic heterocycles. The van der Waals surface area contributed by atoms with Crippen LogP contribution in [0.3, 0.4) is 0 Å². The molecule has 2 amide bonds. The lowest BCUT2D eigenvalue weighted by Crippen LogP contribution is -2.37. The van der Waals surface area contributed by atoms with Crippen molar-refractivity contribution in [3.8, 4) is 5.75 Å². The van der Waals surface area contributed by atoms with Crippen molar-refractivity contribution in [2.24, 2.45) is 5.92 Å². The molecule has 33 heavy (non-hydrogen) atoms. The second-order valence-corrected chi connectivity index (χ2v) is 8.28. The lowest BCUT2D eigenvalue weighted by molar-refractivity contribution is -0.126. The predicted octanol–water partition coefficient (Wildman–Crippen LogP) is 4.92. The summed E-state index contributed by atoms with van der Waals surface area (Å²) in [5.74, 6) is -0.512. The summed E-state index contributed by atoms with van der Waals surface area (Å²) in [6, 6.07) is 26.0. The molecule has 6 nitrogen and oxygen atoms in total. The van der Waals surface area contributed by atoms with Crippen molar-refractivity contribution in [3.63, 3.8) is 0 Å². The number of amides is 2. The molecule has 2 saturated heterocycles. The number of nitrogens with zero attached hydrogens (tertiary/aromatic N) is 2. The number of anilines is 2. The normalized spacial score (nSPS) is 22.0. The van der Waals surface area contributed by atoms with Crippen molar-refractivity contribution in [2.75, 3.05) is 16.6 Å². The van der Waals surface area contributed by atoms with Gasteiger partial charge in [-0.3, -0.25) is 14.4 Å². The van der Waals surface area contributed by atoms with Crippen molar-refractivity contribution in [2.45, 2.75) is 31.9 Å². The van der Waals surface area contributed by atoms with Gasteiger partial charge in [-0.15, -0.1) is 0 Å². The van der Waals surface area contributed by atoms with Crippen LogP contribution in [0.1, 0.15) is 31.4 Å². The van der Waals surface area contributed by atoms with Gasteiger partial charge in [0.05, 0.1) is 24.0 Å². The number of hydrogen-bond acceptors (Lipinski definition) is 5. The molecule has 2 heterocycles. The Kier molecular flexibility index (Phi) is 5.84. The summed E-state index contributed by atoms with van der Waals surface area (Å²) in [6.45, 7) is 2.75. The summed E-state index contributed by atoms with van der Waals surface area (Å²) in [6.07, 6.45) is 1.16. The summed E-state index contributed by atoms with van der Waals surface area (Å²) in [7, 11) is 0. The van der Waals surface area contributed by atoms with E-state index in [0.29, 0.717) is 12.3 Å². The molecule has 0 spiro atoms. The molecule has 0 radical (unpaired) electrons. The molecular weight excluding hydrogens is 416 g/mol. The van der Waals surface area contributed by atoms with Crippen LogP contribution in [0.4, 0.5) is 11.4 Å². The Bertz CT molecular complexity index is 1120. The van der Waals surface area contributed by atoms with Crippen molar-refractivity contribution in [1.82, 2.24) is 0 Å². The molecule has 0 unspecified atom stereocenters. The molecule has 5 rings (SSSR count). The van der Waals surface area contributed by atoms with Crippen LogP contribution >= 0.6 is 0 Å². The molecule has 0 bridgehead atoms. The smallest absolute Gasteiger partial charge is 0.266 e. The van der Waals surface area contributed by atoms with Gasteiger partial charge >= 0.3 is 0 Å². The molecule has 2 fully saturated rings. The van der Waals surface area contributed by atoms with Gasteiger partial charge in [0.15, 0.2) is 6.10 Å². The number of ether oxygens (including phenoxy) is 1. The van der Waals surface area contributed by atoms with E-state index in [1.807, 2.05) is 60.7 Å². The molecule has 0 N–H and O–H groups in total. The number of carbonyl (C=O) groups excluding carboxylic acids is 2. The van der Waals surface area contributed by atoms with Crippen LogP contribution in [0.15, 0.2) is 84.9 Å². The third kappa shape index (κ3) is 3.87. The lowest BCUT2D eigenvalue weighted by atomic mass is 9.90. The fourth-order valence-electron chi connectivity index (χ4n) is 4.48. The van der Waals surface area contributed by atoms with Gasteiger partial charge < -0.3 is 4.74 Å². The van der Waals surface area contributed by atoms with Gasteiger partial charge in [-0.25, -0.2) is 9.96 Å². The fourth-order valence-corrected chi connectivity index (χ4v) is 4.48. The second-order valence-electron chi connectivity index (χ2n) is 8.28. The Morgan fingerprint density at radius 3 is 2.15 bits per heavy atom. The van der Waals surface area contributed by atoms with E-state index in [0.717, 1.165) is 29.8 Å². The van der Waals surface area contributed by atoms with E-state index in [1.165, 1.54) is 4.90 Å². The fraction of sp³-hybridized carbons (Fsp3) is 0.259. The van der Waals surface area contributed by atoms with E-state index in [2.05, 4.69) is 6.92 Å². The van der Waals surface area contributed by atoms with E-state index in [4.69, 9.17) is 9.57 Å². The van der Waals surface area contributed by atoms with Crippen molar-refractivity contribution >= 4 is 23.2 Å². The van der Waals surface area contributed by atoms with Crippen molar-refractivity contribution in [1.29, 1.82) is 0 Å². The maximum absolute atomic E-state index is 13.6. The minimum absolute atomic E-state index is 0.253. The SMILES string of the molecule is CCCCOc1ccc(N2C(=O)[C@@H]3[C@@H](ON(c4ccccc4)[C@H]3c3ccccc3)C2=O)cc1. The van der Waals surface area contributed by atoms with Gasteiger partial charge in [-0.1, -0.05) is 61.9 Å². The van der Waals surface area contributed by atoms with E-state index in [1.54, 1.807) is 29.3 Å². The Hall–Kier alpha value is -3.64.